The molecular formula is C15H21FN2O3S. The lowest BCUT2D eigenvalue weighted by Gasteiger charge is -2.19. The van der Waals surface area contributed by atoms with Gasteiger partial charge < -0.3 is 10.6 Å². The molecule has 1 amide bonds. The summed E-state index contributed by atoms with van der Waals surface area (Å²) in [6.07, 6.45) is 0.790. The molecule has 1 fully saturated rings. The maximum absolute atomic E-state index is 12.9. The molecule has 22 heavy (non-hydrogen) atoms. The first-order valence-electron chi connectivity index (χ1n) is 7.32. The van der Waals surface area contributed by atoms with Crippen LogP contribution in [0.1, 0.15) is 19.8 Å². The molecule has 0 spiro atoms. The summed E-state index contributed by atoms with van der Waals surface area (Å²) in [6, 6.07) is 4.67. The highest BCUT2D eigenvalue weighted by atomic mass is 32.2. The fourth-order valence-electron chi connectivity index (χ4n) is 2.59. The third-order valence-electron chi connectivity index (χ3n) is 4.11. The summed E-state index contributed by atoms with van der Waals surface area (Å²) in [5, 5.41) is -0.845. The van der Waals surface area contributed by atoms with Gasteiger partial charge in [0.2, 0.25) is 5.91 Å². The van der Waals surface area contributed by atoms with E-state index >= 15 is 0 Å². The van der Waals surface area contributed by atoms with E-state index in [1.54, 1.807) is 4.90 Å². The molecule has 122 valence electrons. The van der Waals surface area contributed by atoms with Crippen LogP contribution in [0.3, 0.4) is 0 Å². The third-order valence-corrected chi connectivity index (χ3v) is 6.26. The fraction of sp³-hybridized carbons (Fsp3) is 0.533. The average molecular weight is 328 g/mol. The standard InChI is InChI=1S/C15H21FN2O3S/c1-11(8-15(19)18-7-6-12(9-17)10-18)22(20,21)14-4-2-13(16)3-5-14/h2-5,11-12H,6-10,17H2,1H3/t11-,12-/m0/s1. The Labute approximate surface area is 130 Å². The van der Waals surface area contributed by atoms with Crippen LogP contribution in [0.15, 0.2) is 29.2 Å². The van der Waals surface area contributed by atoms with Gasteiger partial charge in [-0.1, -0.05) is 0 Å². The summed E-state index contributed by atoms with van der Waals surface area (Å²) in [4.78, 5) is 13.9. The molecule has 7 heteroatoms. The number of benzene rings is 1. The van der Waals surface area contributed by atoms with Gasteiger partial charge in [0.25, 0.3) is 0 Å². The van der Waals surface area contributed by atoms with Crippen LogP contribution < -0.4 is 5.73 Å². The first-order valence-corrected chi connectivity index (χ1v) is 8.86. The number of nitrogens with zero attached hydrogens (tertiary/aromatic N) is 1. The van der Waals surface area contributed by atoms with E-state index in [1.165, 1.54) is 19.1 Å². The Bertz CT molecular complexity index is 631. The van der Waals surface area contributed by atoms with Crippen LogP contribution in [-0.4, -0.2) is 44.1 Å². The highest BCUT2D eigenvalue weighted by molar-refractivity contribution is 7.92. The van der Waals surface area contributed by atoms with Crippen LogP contribution in [0.5, 0.6) is 0 Å². The van der Waals surface area contributed by atoms with Crippen LogP contribution in [0, 0.1) is 11.7 Å². The first kappa shape index (κ1) is 16.9. The van der Waals surface area contributed by atoms with Gasteiger partial charge in [-0.25, -0.2) is 12.8 Å². The molecule has 0 aromatic heterocycles. The van der Waals surface area contributed by atoms with Crippen molar-refractivity contribution in [3.05, 3.63) is 30.1 Å². The summed E-state index contributed by atoms with van der Waals surface area (Å²) >= 11 is 0. The van der Waals surface area contributed by atoms with Crippen LogP contribution >= 0.6 is 0 Å². The fourth-order valence-corrected chi connectivity index (χ4v) is 3.93. The van der Waals surface area contributed by atoms with Crippen molar-refractivity contribution in [2.75, 3.05) is 19.6 Å². The SMILES string of the molecule is C[C@@H](CC(=O)N1CC[C@@H](CN)C1)S(=O)(=O)c1ccc(F)cc1. The number of likely N-dealkylation sites (tertiary alicyclic amines) is 1. The Morgan fingerprint density at radius 3 is 2.59 bits per heavy atom. The minimum Gasteiger partial charge on any atom is -0.342 e. The van der Waals surface area contributed by atoms with Gasteiger partial charge >= 0.3 is 0 Å². The summed E-state index contributed by atoms with van der Waals surface area (Å²) in [6.45, 7) is 3.27. The molecule has 2 N–H and O–H groups in total. The topological polar surface area (TPSA) is 80.5 Å². The smallest absolute Gasteiger partial charge is 0.223 e. The van der Waals surface area contributed by atoms with Crippen molar-refractivity contribution in [3.63, 3.8) is 0 Å². The van der Waals surface area contributed by atoms with Crippen molar-refractivity contribution in [2.45, 2.75) is 29.9 Å². The van der Waals surface area contributed by atoms with Gasteiger partial charge in [-0.05, 0) is 50.1 Å². The Balaban J connectivity index is 2.03. The van der Waals surface area contributed by atoms with Crippen LogP contribution in [0.2, 0.25) is 0 Å². The summed E-state index contributed by atoms with van der Waals surface area (Å²) in [5.74, 6) is -0.366. The molecule has 5 nitrogen and oxygen atoms in total. The van der Waals surface area contributed by atoms with E-state index in [0.717, 1.165) is 18.6 Å². The number of carbonyl (C=O) groups is 1. The van der Waals surface area contributed by atoms with Crippen LogP contribution in [0.25, 0.3) is 0 Å². The van der Waals surface area contributed by atoms with Gasteiger partial charge in [0.05, 0.1) is 10.1 Å². The molecule has 1 aliphatic rings. The Hall–Kier alpha value is -1.47. The predicted molar refractivity (Wildman–Crippen MR) is 81.4 cm³/mol. The number of hydrogen-bond donors (Lipinski definition) is 1. The molecule has 1 aromatic rings. The second kappa shape index (κ2) is 6.75. The Kier molecular flexibility index (Phi) is 5.18. The van der Waals surface area contributed by atoms with Crippen LogP contribution in [0.4, 0.5) is 4.39 Å². The van der Waals surface area contributed by atoms with Crippen molar-refractivity contribution >= 4 is 15.7 Å². The van der Waals surface area contributed by atoms with E-state index in [1.807, 2.05) is 0 Å². The molecule has 0 bridgehead atoms. The zero-order chi connectivity index (χ0) is 16.3. The maximum atomic E-state index is 12.9. The lowest BCUT2D eigenvalue weighted by Crippen LogP contribution is -2.33. The molecule has 0 unspecified atom stereocenters. The molecule has 1 heterocycles. The van der Waals surface area contributed by atoms with Crippen LogP contribution in [-0.2, 0) is 14.6 Å². The normalized spacial score (nSPS) is 20.1. The summed E-state index contributed by atoms with van der Waals surface area (Å²) in [5.41, 5.74) is 5.59. The van der Waals surface area contributed by atoms with Crippen molar-refractivity contribution in [3.8, 4) is 0 Å². The third kappa shape index (κ3) is 3.64. The van der Waals surface area contributed by atoms with Crippen molar-refractivity contribution < 1.29 is 17.6 Å². The minimum atomic E-state index is -3.64. The molecule has 1 aromatic carbocycles. The van der Waals surface area contributed by atoms with Gasteiger partial charge in [0.15, 0.2) is 9.84 Å². The van der Waals surface area contributed by atoms with Gasteiger partial charge in [0.1, 0.15) is 5.82 Å². The van der Waals surface area contributed by atoms with E-state index in [4.69, 9.17) is 5.73 Å². The quantitative estimate of drug-likeness (QED) is 0.823. The van der Waals surface area contributed by atoms with Crippen molar-refractivity contribution in [2.24, 2.45) is 11.7 Å². The molecule has 0 radical (unpaired) electrons. The Morgan fingerprint density at radius 2 is 2.05 bits per heavy atom. The number of sulfone groups is 1. The number of halogens is 1. The van der Waals surface area contributed by atoms with E-state index in [2.05, 4.69) is 0 Å². The summed E-state index contributed by atoms with van der Waals surface area (Å²) in [7, 11) is -3.64. The van der Waals surface area contributed by atoms with E-state index in [0.29, 0.717) is 25.6 Å². The average Bonchev–Trinajstić information content (AvgIpc) is 2.96. The van der Waals surface area contributed by atoms with Gasteiger partial charge in [-0.2, -0.15) is 0 Å². The number of hydrogen-bond acceptors (Lipinski definition) is 4. The van der Waals surface area contributed by atoms with E-state index in [9.17, 15) is 17.6 Å². The van der Waals surface area contributed by atoms with E-state index in [-0.39, 0.29) is 17.2 Å². The Morgan fingerprint density at radius 1 is 1.41 bits per heavy atom. The molecule has 0 aliphatic carbocycles. The lowest BCUT2D eigenvalue weighted by atomic mass is 10.1. The number of amides is 1. The largest absolute Gasteiger partial charge is 0.342 e. The second-order valence-electron chi connectivity index (χ2n) is 5.74. The van der Waals surface area contributed by atoms with E-state index < -0.39 is 20.9 Å². The minimum absolute atomic E-state index is 0.0375. The molecule has 1 aliphatic heterocycles. The molecule has 1 saturated heterocycles. The highest BCUT2D eigenvalue weighted by Gasteiger charge is 2.30. The molecule has 0 saturated carbocycles. The predicted octanol–water partition coefficient (Wildman–Crippen LogP) is 1.19. The second-order valence-corrected chi connectivity index (χ2v) is 8.11. The molecular weight excluding hydrogens is 307 g/mol. The van der Waals surface area contributed by atoms with Gasteiger partial charge in [0, 0.05) is 19.5 Å². The van der Waals surface area contributed by atoms with Gasteiger partial charge in [-0.3, -0.25) is 4.79 Å². The first-order chi connectivity index (χ1) is 10.3. The number of rotatable bonds is 5. The monoisotopic (exact) mass is 328 g/mol. The maximum Gasteiger partial charge on any atom is 0.223 e. The number of nitrogens with two attached hydrogens (primary N) is 1. The zero-order valence-electron chi connectivity index (χ0n) is 12.5. The summed E-state index contributed by atoms with van der Waals surface area (Å²) < 4.78 is 37.7. The van der Waals surface area contributed by atoms with Crippen molar-refractivity contribution in [1.82, 2.24) is 4.90 Å². The number of carbonyl (C=O) groups excluding carboxylic acids is 1. The highest BCUT2D eigenvalue weighted by Crippen LogP contribution is 2.21. The lowest BCUT2D eigenvalue weighted by molar-refractivity contribution is -0.130. The zero-order valence-corrected chi connectivity index (χ0v) is 13.4. The van der Waals surface area contributed by atoms with Crippen molar-refractivity contribution in [1.29, 1.82) is 0 Å². The molecule has 2 rings (SSSR count). The van der Waals surface area contributed by atoms with Gasteiger partial charge in [-0.15, -0.1) is 0 Å². The molecule has 2 atom stereocenters.